The molecule has 2 aromatic heterocycles. The van der Waals surface area contributed by atoms with Gasteiger partial charge in [-0.2, -0.15) is 0 Å². The van der Waals surface area contributed by atoms with Crippen LogP contribution in [0, 0.1) is 6.92 Å². The average molecular weight is 313 g/mol. The number of hydrogen-bond donors (Lipinski definition) is 0. The number of carbonyl (C=O) groups excluding carboxylic acids is 1. The maximum atomic E-state index is 12.4. The number of imidazole rings is 1. The van der Waals surface area contributed by atoms with Crippen LogP contribution >= 0.6 is 0 Å². The summed E-state index contributed by atoms with van der Waals surface area (Å²) >= 11 is 0. The van der Waals surface area contributed by atoms with E-state index < -0.39 is 0 Å². The lowest BCUT2D eigenvalue weighted by atomic mass is 10.3. The van der Waals surface area contributed by atoms with Gasteiger partial charge in [0.05, 0.1) is 17.6 Å². The number of likely N-dealkylation sites (N-methyl/N-ethyl adjacent to an activating group) is 1. The van der Waals surface area contributed by atoms with Crippen molar-refractivity contribution in [3.8, 4) is 0 Å². The summed E-state index contributed by atoms with van der Waals surface area (Å²) in [5.41, 5.74) is 1.38. The van der Waals surface area contributed by atoms with Gasteiger partial charge in [0.1, 0.15) is 18.1 Å². The van der Waals surface area contributed by atoms with Gasteiger partial charge in [0.2, 0.25) is 5.91 Å². The number of carbonyl (C=O) groups is 1. The van der Waals surface area contributed by atoms with Gasteiger partial charge in [0.15, 0.2) is 0 Å². The van der Waals surface area contributed by atoms with Crippen molar-refractivity contribution >= 4 is 16.9 Å². The van der Waals surface area contributed by atoms with E-state index in [0.29, 0.717) is 6.54 Å². The van der Waals surface area contributed by atoms with E-state index in [1.54, 1.807) is 23.6 Å². The first-order valence-electron chi connectivity index (χ1n) is 7.41. The Labute approximate surface area is 133 Å². The molecule has 0 N–H and O–H groups in total. The Morgan fingerprint density at radius 3 is 2.52 bits per heavy atom. The Balaban J connectivity index is 1.83. The molecule has 0 radical (unpaired) electrons. The highest BCUT2D eigenvalue weighted by Crippen LogP contribution is 2.13. The lowest BCUT2D eigenvalue weighted by Gasteiger charge is -2.16. The lowest BCUT2D eigenvalue weighted by Crippen LogP contribution is -2.33. The van der Waals surface area contributed by atoms with Crippen LogP contribution in [0.2, 0.25) is 0 Å². The number of aromatic nitrogens is 2. The smallest absolute Gasteiger partial charge is 0.329 e. The van der Waals surface area contributed by atoms with Crippen molar-refractivity contribution in [2.24, 2.45) is 7.05 Å². The maximum absolute atomic E-state index is 12.4. The van der Waals surface area contributed by atoms with Gasteiger partial charge in [0, 0.05) is 14.1 Å². The molecular formula is C17H19N3O3. The molecule has 6 heteroatoms. The summed E-state index contributed by atoms with van der Waals surface area (Å²) in [5.74, 6) is 1.40. The standard InChI is InChI=1S/C17H19N3O3/c1-12-8-9-13(23-12)10-18(2)16(21)11-20-15-7-5-4-6-14(15)19(3)17(20)22/h4-9H,10-11H2,1-3H3. The van der Waals surface area contributed by atoms with Crippen LogP contribution in [0.25, 0.3) is 11.0 Å². The lowest BCUT2D eigenvalue weighted by molar-refractivity contribution is -0.131. The van der Waals surface area contributed by atoms with E-state index in [-0.39, 0.29) is 18.1 Å². The van der Waals surface area contributed by atoms with Crippen molar-refractivity contribution < 1.29 is 9.21 Å². The number of aryl methyl sites for hydroxylation is 2. The molecule has 0 saturated carbocycles. The monoisotopic (exact) mass is 313 g/mol. The summed E-state index contributed by atoms with van der Waals surface area (Å²) in [6.07, 6.45) is 0. The zero-order valence-electron chi connectivity index (χ0n) is 13.4. The van der Waals surface area contributed by atoms with E-state index >= 15 is 0 Å². The van der Waals surface area contributed by atoms with Gasteiger partial charge in [-0.15, -0.1) is 0 Å². The largest absolute Gasteiger partial charge is 0.464 e. The van der Waals surface area contributed by atoms with Crippen LogP contribution in [0.1, 0.15) is 11.5 Å². The molecule has 0 aliphatic heterocycles. The van der Waals surface area contributed by atoms with E-state index in [1.807, 2.05) is 43.3 Å². The molecular weight excluding hydrogens is 294 g/mol. The van der Waals surface area contributed by atoms with Gasteiger partial charge in [-0.1, -0.05) is 12.1 Å². The molecule has 0 aliphatic rings. The second kappa shape index (κ2) is 5.79. The minimum absolute atomic E-state index is 0.0103. The highest BCUT2D eigenvalue weighted by Gasteiger charge is 2.16. The molecule has 0 saturated heterocycles. The molecule has 120 valence electrons. The minimum Gasteiger partial charge on any atom is -0.464 e. The fourth-order valence-corrected chi connectivity index (χ4v) is 2.66. The SMILES string of the molecule is Cc1ccc(CN(C)C(=O)Cn2c(=O)n(C)c3ccccc32)o1. The highest BCUT2D eigenvalue weighted by atomic mass is 16.3. The molecule has 0 fully saturated rings. The molecule has 0 aliphatic carbocycles. The number of nitrogens with zero attached hydrogens (tertiary/aromatic N) is 3. The third-order valence-corrected chi connectivity index (χ3v) is 3.96. The van der Waals surface area contributed by atoms with E-state index in [4.69, 9.17) is 4.42 Å². The van der Waals surface area contributed by atoms with Gasteiger partial charge < -0.3 is 9.32 Å². The van der Waals surface area contributed by atoms with Crippen molar-refractivity contribution in [2.75, 3.05) is 7.05 Å². The normalized spacial score (nSPS) is 11.1. The third kappa shape index (κ3) is 2.79. The van der Waals surface area contributed by atoms with Gasteiger partial charge in [-0.05, 0) is 31.2 Å². The molecule has 6 nitrogen and oxygen atoms in total. The van der Waals surface area contributed by atoms with Crippen molar-refractivity contribution in [2.45, 2.75) is 20.0 Å². The van der Waals surface area contributed by atoms with Gasteiger partial charge in [-0.25, -0.2) is 4.79 Å². The topological polar surface area (TPSA) is 60.4 Å². The number of hydrogen-bond acceptors (Lipinski definition) is 3. The van der Waals surface area contributed by atoms with Crippen molar-refractivity contribution in [1.82, 2.24) is 14.0 Å². The zero-order chi connectivity index (χ0) is 16.6. The summed E-state index contributed by atoms with van der Waals surface area (Å²) in [7, 11) is 3.41. The number of fused-ring (bicyclic) bond motifs is 1. The molecule has 0 atom stereocenters. The Morgan fingerprint density at radius 2 is 1.87 bits per heavy atom. The van der Waals surface area contributed by atoms with Crippen molar-refractivity contribution in [1.29, 1.82) is 0 Å². The van der Waals surface area contributed by atoms with Crippen LogP contribution in [0.15, 0.2) is 45.6 Å². The first-order valence-corrected chi connectivity index (χ1v) is 7.41. The minimum atomic E-state index is -0.193. The van der Waals surface area contributed by atoms with Crippen LogP contribution in [0.4, 0.5) is 0 Å². The predicted molar refractivity (Wildman–Crippen MR) is 87.1 cm³/mol. The quantitative estimate of drug-likeness (QED) is 0.739. The van der Waals surface area contributed by atoms with Gasteiger partial charge in [0.25, 0.3) is 0 Å². The fourth-order valence-electron chi connectivity index (χ4n) is 2.66. The van der Waals surface area contributed by atoms with Gasteiger partial charge >= 0.3 is 5.69 Å². The summed E-state index contributed by atoms with van der Waals surface area (Å²) < 4.78 is 8.54. The molecule has 1 aromatic carbocycles. The highest BCUT2D eigenvalue weighted by molar-refractivity contribution is 5.80. The number of furan rings is 1. The van der Waals surface area contributed by atoms with E-state index in [9.17, 15) is 9.59 Å². The Hall–Kier alpha value is -2.76. The van der Waals surface area contributed by atoms with Crippen LogP contribution in [0.3, 0.4) is 0 Å². The van der Waals surface area contributed by atoms with Crippen LogP contribution < -0.4 is 5.69 Å². The third-order valence-electron chi connectivity index (χ3n) is 3.96. The first-order chi connectivity index (χ1) is 11.0. The number of para-hydroxylation sites is 2. The molecule has 3 rings (SSSR count). The zero-order valence-corrected chi connectivity index (χ0v) is 13.4. The van der Waals surface area contributed by atoms with E-state index in [1.165, 1.54) is 4.57 Å². The average Bonchev–Trinajstić information content (AvgIpc) is 3.04. The Bertz CT molecular complexity index is 917. The predicted octanol–water partition coefficient (Wildman–Crippen LogP) is 1.90. The summed E-state index contributed by atoms with van der Waals surface area (Å²) in [6.45, 7) is 2.25. The number of amides is 1. The van der Waals surface area contributed by atoms with E-state index in [2.05, 4.69) is 0 Å². The number of rotatable bonds is 4. The van der Waals surface area contributed by atoms with Crippen LogP contribution in [0.5, 0.6) is 0 Å². The molecule has 0 bridgehead atoms. The number of benzene rings is 1. The maximum Gasteiger partial charge on any atom is 0.329 e. The molecule has 0 spiro atoms. The molecule has 23 heavy (non-hydrogen) atoms. The summed E-state index contributed by atoms with van der Waals surface area (Å²) in [4.78, 5) is 26.4. The fraction of sp³-hybridized carbons (Fsp3) is 0.294. The first kappa shape index (κ1) is 15.1. The van der Waals surface area contributed by atoms with Crippen LogP contribution in [-0.4, -0.2) is 27.0 Å². The Kier molecular flexibility index (Phi) is 3.82. The summed E-state index contributed by atoms with van der Waals surface area (Å²) in [5, 5.41) is 0. The molecule has 2 heterocycles. The van der Waals surface area contributed by atoms with E-state index in [0.717, 1.165) is 22.6 Å². The van der Waals surface area contributed by atoms with Crippen molar-refractivity contribution in [3.63, 3.8) is 0 Å². The second-order valence-electron chi connectivity index (χ2n) is 5.68. The second-order valence-corrected chi connectivity index (χ2v) is 5.68. The molecule has 0 unspecified atom stereocenters. The Morgan fingerprint density at radius 1 is 1.17 bits per heavy atom. The van der Waals surface area contributed by atoms with Gasteiger partial charge in [-0.3, -0.25) is 13.9 Å². The molecule has 1 amide bonds. The van der Waals surface area contributed by atoms with Crippen molar-refractivity contribution in [3.05, 3.63) is 58.4 Å². The van der Waals surface area contributed by atoms with Crippen LogP contribution in [-0.2, 0) is 24.9 Å². The summed E-state index contributed by atoms with van der Waals surface area (Å²) in [6, 6.07) is 11.2. The molecule has 3 aromatic rings.